The average molecular weight is 496 g/mol. The summed E-state index contributed by atoms with van der Waals surface area (Å²) in [5.74, 6) is 0.837. The Morgan fingerprint density at radius 2 is 1.86 bits per heavy atom. The van der Waals surface area contributed by atoms with Gasteiger partial charge in [-0.25, -0.2) is 0 Å². The number of halogens is 1. The van der Waals surface area contributed by atoms with Crippen molar-refractivity contribution in [1.29, 1.82) is 0 Å². The van der Waals surface area contributed by atoms with Crippen molar-refractivity contribution >= 4 is 29.9 Å². The van der Waals surface area contributed by atoms with E-state index in [1.165, 1.54) is 5.56 Å². The second-order valence-electron chi connectivity index (χ2n) is 6.93. The Morgan fingerprint density at radius 1 is 1.11 bits per heavy atom. The maximum absolute atomic E-state index is 11.9. The molecule has 1 atom stereocenters. The predicted molar refractivity (Wildman–Crippen MR) is 129 cm³/mol. The zero-order valence-electron chi connectivity index (χ0n) is 17.1. The first-order valence-electron chi connectivity index (χ1n) is 9.77. The molecule has 0 aliphatic carbocycles. The first-order valence-corrected chi connectivity index (χ1v) is 9.77. The molecule has 28 heavy (non-hydrogen) atoms. The Morgan fingerprint density at radius 3 is 2.54 bits per heavy atom. The van der Waals surface area contributed by atoms with Crippen LogP contribution in [0.15, 0.2) is 58.3 Å². The normalized spacial score (nSPS) is 12.2. The van der Waals surface area contributed by atoms with Crippen molar-refractivity contribution in [1.82, 2.24) is 15.2 Å². The summed E-state index contributed by atoms with van der Waals surface area (Å²) >= 11 is 0. The minimum atomic E-state index is 0. The molecular weight excluding hydrogens is 463 g/mol. The van der Waals surface area contributed by atoms with Gasteiger partial charge in [0.1, 0.15) is 0 Å². The van der Waals surface area contributed by atoms with Crippen LogP contribution in [0, 0.1) is 6.92 Å². The number of nitrogens with one attached hydrogen (secondary N) is 2. The van der Waals surface area contributed by atoms with E-state index in [1.807, 2.05) is 29.7 Å². The molecule has 0 aliphatic rings. The molecule has 2 aromatic rings. The monoisotopic (exact) mass is 496 g/mol. The van der Waals surface area contributed by atoms with Gasteiger partial charge in [-0.15, -0.1) is 24.0 Å². The summed E-state index contributed by atoms with van der Waals surface area (Å²) in [7, 11) is 1.80. The summed E-state index contributed by atoms with van der Waals surface area (Å²) in [5.41, 5.74) is 2.45. The molecule has 1 heterocycles. The maximum atomic E-state index is 11.9. The lowest BCUT2D eigenvalue weighted by molar-refractivity contribution is 0.564. The zero-order valence-corrected chi connectivity index (χ0v) is 19.5. The van der Waals surface area contributed by atoms with Crippen molar-refractivity contribution in [2.45, 2.75) is 52.1 Å². The summed E-state index contributed by atoms with van der Waals surface area (Å²) in [4.78, 5) is 16.2. The zero-order chi connectivity index (χ0) is 19.5. The maximum Gasteiger partial charge on any atom is 0.250 e. The van der Waals surface area contributed by atoms with Gasteiger partial charge in [0.05, 0.1) is 0 Å². The highest BCUT2D eigenvalue weighted by Gasteiger charge is 2.05. The summed E-state index contributed by atoms with van der Waals surface area (Å²) in [6, 6.07) is 16.3. The second kappa shape index (κ2) is 13.4. The topological polar surface area (TPSA) is 58.4 Å². The third-order valence-electron chi connectivity index (χ3n) is 4.68. The molecule has 0 fully saturated rings. The van der Waals surface area contributed by atoms with E-state index in [4.69, 9.17) is 0 Å². The molecule has 2 rings (SSSR count). The van der Waals surface area contributed by atoms with Crippen LogP contribution in [0.1, 0.15) is 37.4 Å². The second-order valence-corrected chi connectivity index (χ2v) is 6.93. The molecule has 2 N–H and O–H groups in total. The molecule has 0 radical (unpaired) electrons. The highest BCUT2D eigenvalue weighted by atomic mass is 127. The minimum Gasteiger partial charge on any atom is -0.356 e. The van der Waals surface area contributed by atoms with E-state index in [-0.39, 0.29) is 29.5 Å². The number of aryl methyl sites for hydroxylation is 2. The van der Waals surface area contributed by atoms with Crippen LogP contribution in [0.25, 0.3) is 0 Å². The molecule has 0 amide bonds. The standard InChI is InChI=1S/C22H32N4O.HI/c1-18(14-15-20-11-5-4-6-12-20)25-22(23-3)24-16-7-8-17-26-19(2)10-9-13-21(26)27;/h4-6,9-13,18H,7-8,14-17H2,1-3H3,(H2,23,24,25);1H. The fourth-order valence-electron chi connectivity index (χ4n) is 3.04. The summed E-state index contributed by atoms with van der Waals surface area (Å²) < 4.78 is 1.83. The SMILES string of the molecule is CN=C(NCCCCn1c(C)cccc1=O)NC(C)CCc1ccccc1.I. The highest BCUT2D eigenvalue weighted by Crippen LogP contribution is 2.04. The summed E-state index contributed by atoms with van der Waals surface area (Å²) in [6.45, 7) is 5.75. The van der Waals surface area contributed by atoms with Gasteiger partial charge < -0.3 is 15.2 Å². The molecule has 154 valence electrons. The van der Waals surface area contributed by atoms with Gasteiger partial charge in [0.25, 0.3) is 5.56 Å². The van der Waals surface area contributed by atoms with E-state index in [0.29, 0.717) is 6.04 Å². The lowest BCUT2D eigenvalue weighted by atomic mass is 10.1. The van der Waals surface area contributed by atoms with Crippen LogP contribution in [0.3, 0.4) is 0 Å². The van der Waals surface area contributed by atoms with Crippen LogP contribution in [0.5, 0.6) is 0 Å². The van der Waals surface area contributed by atoms with Gasteiger partial charge in [-0.3, -0.25) is 9.79 Å². The lowest BCUT2D eigenvalue weighted by Crippen LogP contribution is -2.42. The Balaban J connectivity index is 0.00000392. The number of unbranched alkanes of at least 4 members (excludes halogenated alkanes) is 1. The van der Waals surface area contributed by atoms with Crippen LogP contribution in [-0.2, 0) is 13.0 Å². The van der Waals surface area contributed by atoms with Crippen molar-refractivity contribution in [3.63, 3.8) is 0 Å². The van der Waals surface area contributed by atoms with E-state index in [1.54, 1.807) is 13.1 Å². The van der Waals surface area contributed by atoms with E-state index in [0.717, 1.165) is 50.4 Å². The quantitative estimate of drug-likeness (QED) is 0.241. The van der Waals surface area contributed by atoms with E-state index < -0.39 is 0 Å². The number of nitrogens with zero attached hydrogens (tertiary/aromatic N) is 2. The summed E-state index contributed by atoms with van der Waals surface area (Å²) in [6.07, 6.45) is 4.05. The van der Waals surface area contributed by atoms with Gasteiger partial charge in [0.2, 0.25) is 0 Å². The minimum absolute atomic E-state index is 0. The van der Waals surface area contributed by atoms with Gasteiger partial charge in [-0.05, 0) is 51.2 Å². The number of hydrogen-bond acceptors (Lipinski definition) is 2. The van der Waals surface area contributed by atoms with Gasteiger partial charge in [0.15, 0.2) is 5.96 Å². The van der Waals surface area contributed by atoms with E-state index >= 15 is 0 Å². The fourth-order valence-corrected chi connectivity index (χ4v) is 3.04. The first-order chi connectivity index (χ1) is 13.1. The first kappa shape index (κ1) is 24.2. The van der Waals surface area contributed by atoms with Gasteiger partial charge >= 0.3 is 0 Å². The average Bonchev–Trinajstić information content (AvgIpc) is 2.68. The number of aromatic nitrogens is 1. The Labute approximate surface area is 185 Å². The van der Waals surface area contributed by atoms with Crippen molar-refractivity contribution in [3.8, 4) is 0 Å². The van der Waals surface area contributed by atoms with Crippen LogP contribution >= 0.6 is 24.0 Å². The predicted octanol–water partition coefficient (Wildman–Crippen LogP) is 3.74. The molecule has 0 bridgehead atoms. The van der Waals surface area contributed by atoms with Crippen LogP contribution < -0.4 is 16.2 Å². The van der Waals surface area contributed by atoms with E-state index in [2.05, 4.69) is 46.8 Å². The highest BCUT2D eigenvalue weighted by molar-refractivity contribution is 14.0. The fraction of sp³-hybridized carbons (Fsp3) is 0.455. The third-order valence-corrected chi connectivity index (χ3v) is 4.68. The molecule has 1 aromatic heterocycles. The number of guanidine groups is 1. The van der Waals surface area contributed by atoms with Crippen molar-refractivity contribution < 1.29 is 0 Å². The van der Waals surface area contributed by atoms with Gasteiger partial charge in [0, 0.05) is 37.9 Å². The molecular formula is C22H33IN4O. The molecule has 0 aliphatic heterocycles. The smallest absolute Gasteiger partial charge is 0.250 e. The molecule has 0 saturated carbocycles. The van der Waals surface area contributed by atoms with Crippen molar-refractivity contribution in [3.05, 3.63) is 70.1 Å². The molecule has 1 aromatic carbocycles. The third kappa shape index (κ3) is 8.46. The molecule has 0 spiro atoms. The van der Waals surface area contributed by atoms with Gasteiger partial charge in [-0.1, -0.05) is 36.4 Å². The Bertz CT molecular complexity index is 774. The number of hydrogen-bond donors (Lipinski definition) is 2. The van der Waals surface area contributed by atoms with Crippen LogP contribution in [-0.4, -0.2) is 30.2 Å². The van der Waals surface area contributed by atoms with E-state index in [9.17, 15) is 4.79 Å². The molecule has 1 unspecified atom stereocenters. The van der Waals surface area contributed by atoms with Crippen molar-refractivity contribution in [2.24, 2.45) is 4.99 Å². The number of pyridine rings is 1. The lowest BCUT2D eigenvalue weighted by Gasteiger charge is -2.18. The Hall–Kier alpha value is -1.83. The number of rotatable bonds is 9. The molecule has 5 nitrogen and oxygen atoms in total. The molecule has 0 saturated heterocycles. The van der Waals surface area contributed by atoms with Crippen LogP contribution in [0.2, 0.25) is 0 Å². The number of benzene rings is 1. The summed E-state index contributed by atoms with van der Waals surface area (Å²) in [5, 5.41) is 6.81. The van der Waals surface area contributed by atoms with Gasteiger partial charge in [-0.2, -0.15) is 0 Å². The van der Waals surface area contributed by atoms with Crippen LogP contribution in [0.4, 0.5) is 0 Å². The molecule has 6 heteroatoms. The van der Waals surface area contributed by atoms with Crippen molar-refractivity contribution in [2.75, 3.05) is 13.6 Å². The largest absolute Gasteiger partial charge is 0.356 e. The Kier molecular flexibility index (Phi) is 11.6. The number of aliphatic imine (C=N–C) groups is 1.